The number of aliphatic hydroxyl groups is 2. The highest BCUT2D eigenvalue weighted by atomic mass is 19.1. The lowest BCUT2D eigenvalue weighted by atomic mass is 9.90. The molecule has 3 atom stereocenters. The van der Waals surface area contributed by atoms with Crippen LogP contribution in [0.3, 0.4) is 0 Å². The van der Waals surface area contributed by atoms with Crippen LogP contribution in [0.4, 0.5) is 10.3 Å². The highest BCUT2D eigenvalue weighted by molar-refractivity contribution is 5.99. The SMILES string of the molecule is CC(C)c1c2n3cnnc3c3ccc(cc13)-c1nc(ncc1F)N(N[C@@H]1CCOC[C@H]1O)C(C)(O)C2. The number of aromatic nitrogens is 5. The minimum absolute atomic E-state index is 0.0823. The summed E-state index contributed by atoms with van der Waals surface area (Å²) in [6, 6.07) is 5.23. The van der Waals surface area contributed by atoms with E-state index in [-0.39, 0.29) is 30.6 Å². The fraction of sp³-hybridized carbons (Fsp3) is 0.440. The van der Waals surface area contributed by atoms with Gasteiger partial charge in [-0.1, -0.05) is 19.9 Å². The number of anilines is 1. The van der Waals surface area contributed by atoms with E-state index < -0.39 is 23.7 Å². The van der Waals surface area contributed by atoms with Crippen molar-refractivity contribution in [2.24, 2.45) is 0 Å². The fourth-order valence-corrected chi connectivity index (χ4v) is 5.35. The number of aliphatic hydroxyl groups excluding tert-OH is 1. The van der Waals surface area contributed by atoms with Crippen molar-refractivity contribution >= 4 is 22.4 Å². The smallest absolute Gasteiger partial charge is 0.243 e. The number of halogens is 1. The lowest BCUT2D eigenvalue weighted by molar-refractivity contribution is -0.0391. The maximum Gasteiger partial charge on any atom is 0.243 e. The molecule has 4 aromatic rings. The Morgan fingerprint density at radius 3 is 2.89 bits per heavy atom. The molecule has 0 amide bonds. The Balaban J connectivity index is 1.65. The van der Waals surface area contributed by atoms with Crippen LogP contribution in [0.2, 0.25) is 0 Å². The summed E-state index contributed by atoms with van der Waals surface area (Å²) in [5.41, 5.74) is 4.86. The van der Waals surface area contributed by atoms with E-state index in [1.54, 1.807) is 13.3 Å². The van der Waals surface area contributed by atoms with Gasteiger partial charge in [-0.15, -0.1) is 10.2 Å². The van der Waals surface area contributed by atoms with Gasteiger partial charge in [-0.25, -0.2) is 24.8 Å². The van der Waals surface area contributed by atoms with Crippen LogP contribution < -0.4 is 10.4 Å². The van der Waals surface area contributed by atoms with E-state index in [9.17, 15) is 10.2 Å². The van der Waals surface area contributed by atoms with Gasteiger partial charge < -0.3 is 14.9 Å². The first kappa shape index (κ1) is 23.2. The van der Waals surface area contributed by atoms with Crippen molar-refractivity contribution in [3.05, 3.63) is 47.8 Å². The number of nitrogens with zero attached hydrogens (tertiary/aromatic N) is 6. The molecule has 0 aliphatic carbocycles. The van der Waals surface area contributed by atoms with E-state index in [0.29, 0.717) is 24.2 Å². The Bertz CT molecular complexity index is 1470. The van der Waals surface area contributed by atoms with Crippen LogP contribution in [0, 0.1) is 5.82 Å². The first-order chi connectivity index (χ1) is 17.2. The Morgan fingerprint density at radius 1 is 1.28 bits per heavy atom. The predicted molar refractivity (Wildman–Crippen MR) is 131 cm³/mol. The van der Waals surface area contributed by atoms with Crippen LogP contribution in [-0.2, 0) is 11.2 Å². The molecule has 3 aromatic heterocycles. The summed E-state index contributed by atoms with van der Waals surface area (Å²) in [5.74, 6) is -0.395. The number of fused-ring (bicyclic) bond motifs is 8. The average Bonchev–Trinajstić information content (AvgIpc) is 3.33. The molecule has 1 saturated heterocycles. The van der Waals surface area contributed by atoms with E-state index in [1.165, 1.54) is 5.01 Å². The lowest BCUT2D eigenvalue weighted by Crippen LogP contribution is -2.63. The molecule has 5 bridgehead atoms. The maximum absolute atomic E-state index is 15.1. The summed E-state index contributed by atoms with van der Waals surface area (Å²) < 4.78 is 22.4. The summed E-state index contributed by atoms with van der Waals surface area (Å²) in [6.07, 6.45) is 2.63. The van der Waals surface area contributed by atoms with Crippen LogP contribution in [-0.4, -0.2) is 65.9 Å². The van der Waals surface area contributed by atoms with Crippen molar-refractivity contribution in [2.45, 2.75) is 57.4 Å². The Hall–Kier alpha value is -3.25. The molecule has 1 aromatic carbocycles. The molecule has 11 heteroatoms. The molecule has 188 valence electrons. The largest absolute Gasteiger partial charge is 0.389 e. The standard InChI is InChI=1S/C25H28FN7O3/c1-13(2)21-16-8-14-4-5-15(16)23-30-28-12-32(23)19(21)9-25(3,35)33(24-27-10-17(26)22(14)29-24)31-18-6-7-36-11-20(18)34/h4-5,8,10,12-13,18,20,31,34-35H,6-7,9,11H2,1-3H3/t18-,20-,25?/m1/s1. The Labute approximate surface area is 206 Å². The molecule has 1 fully saturated rings. The fourth-order valence-electron chi connectivity index (χ4n) is 5.35. The molecule has 6 rings (SSSR count). The average molecular weight is 494 g/mol. The number of ether oxygens (including phenoxy) is 1. The zero-order valence-electron chi connectivity index (χ0n) is 20.3. The third-order valence-electron chi connectivity index (χ3n) is 7.09. The molecule has 0 radical (unpaired) electrons. The van der Waals surface area contributed by atoms with Gasteiger partial charge in [0.05, 0.1) is 24.9 Å². The minimum Gasteiger partial charge on any atom is -0.389 e. The second-order valence-electron chi connectivity index (χ2n) is 10.1. The van der Waals surface area contributed by atoms with Gasteiger partial charge in [0.1, 0.15) is 12.0 Å². The number of hydrogen-bond donors (Lipinski definition) is 3. The second-order valence-corrected chi connectivity index (χ2v) is 10.1. The van der Waals surface area contributed by atoms with Crippen molar-refractivity contribution in [3.8, 4) is 11.3 Å². The summed E-state index contributed by atoms with van der Waals surface area (Å²) in [5, 5.41) is 34.3. The molecule has 36 heavy (non-hydrogen) atoms. The maximum atomic E-state index is 15.1. The second kappa shape index (κ2) is 8.41. The van der Waals surface area contributed by atoms with Gasteiger partial charge >= 0.3 is 0 Å². The van der Waals surface area contributed by atoms with Crippen molar-refractivity contribution in [3.63, 3.8) is 0 Å². The number of benzene rings is 1. The monoisotopic (exact) mass is 493 g/mol. The molecule has 0 saturated carbocycles. The third-order valence-corrected chi connectivity index (χ3v) is 7.09. The third kappa shape index (κ3) is 3.62. The molecule has 3 N–H and O–H groups in total. The highest BCUT2D eigenvalue weighted by Crippen LogP contribution is 2.38. The van der Waals surface area contributed by atoms with Gasteiger partial charge in [0, 0.05) is 29.7 Å². The van der Waals surface area contributed by atoms with Gasteiger partial charge in [0.15, 0.2) is 17.2 Å². The van der Waals surface area contributed by atoms with Crippen LogP contribution in [0.1, 0.15) is 44.4 Å². The van der Waals surface area contributed by atoms with Crippen LogP contribution in [0.5, 0.6) is 0 Å². The summed E-state index contributed by atoms with van der Waals surface area (Å²) in [7, 11) is 0. The van der Waals surface area contributed by atoms with Crippen LogP contribution in [0.25, 0.3) is 27.7 Å². The quantitative estimate of drug-likeness (QED) is 0.395. The number of pyridine rings is 1. The molecule has 1 unspecified atom stereocenters. The van der Waals surface area contributed by atoms with E-state index >= 15 is 4.39 Å². The lowest BCUT2D eigenvalue weighted by Gasteiger charge is -2.42. The molecule has 5 heterocycles. The predicted octanol–water partition coefficient (Wildman–Crippen LogP) is 2.33. The first-order valence-corrected chi connectivity index (χ1v) is 12.1. The van der Waals surface area contributed by atoms with E-state index in [0.717, 1.165) is 28.2 Å². The van der Waals surface area contributed by atoms with E-state index in [4.69, 9.17) is 4.74 Å². The molecule has 0 spiro atoms. The first-order valence-electron chi connectivity index (χ1n) is 12.1. The highest BCUT2D eigenvalue weighted by Gasteiger charge is 2.38. The normalized spacial score (nSPS) is 24.2. The summed E-state index contributed by atoms with van der Waals surface area (Å²) >= 11 is 0. The van der Waals surface area contributed by atoms with Gasteiger partial charge in [0.2, 0.25) is 5.95 Å². The zero-order valence-corrected chi connectivity index (χ0v) is 20.3. The van der Waals surface area contributed by atoms with Crippen LogP contribution in [0.15, 0.2) is 30.7 Å². The van der Waals surface area contributed by atoms with Crippen molar-refractivity contribution in [1.82, 2.24) is 30.0 Å². The molecular weight excluding hydrogens is 465 g/mol. The summed E-state index contributed by atoms with van der Waals surface area (Å²) in [4.78, 5) is 8.78. The molecule has 2 aliphatic heterocycles. The minimum atomic E-state index is -1.58. The summed E-state index contributed by atoms with van der Waals surface area (Å²) in [6.45, 7) is 6.46. The number of nitrogens with one attached hydrogen (secondary N) is 1. The van der Waals surface area contributed by atoms with Gasteiger partial charge in [-0.05, 0) is 42.3 Å². The van der Waals surface area contributed by atoms with Gasteiger partial charge in [-0.2, -0.15) is 0 Å². The molecular formula is C25H28FN7O3. The Morgan fingerprint density at radius 2 is 2.11 bits per heavy atom. The molecule has 2 aliphatic rings. The number of hydrazine groups is 1. The molecule has 10 nitrogen and oxygen atoms in total. The van der Waals surface area contributed by atoms with Crippen LogP contribution >= 0.6 is 0 Å². The van der Waals surface area contributed by atoms with Crippen molar-refractivity contribution in [2.75, 3.05) is 18.2 Å². The van der Waals surface area contributed by atoms with Crippen molar-refractivity contribution < 1.29 is 19.3 Å². The van der Waals surface area contributed by atoms with Gasteiger partial charge in [-0.3, -0.25) is 4.40 Å². The topological polar surface area (TPSA) is 121 Å². The van der Waals surface area contributed by atoms with E-state index in [1.807, 2.05) is 22.6 Å². The van der Waals surface area contributed by atoms with E-state index in [2.05, 4.69) is 39.4 Å². The number of hydrogen-bond acceptors (Lipinski definition) is 9. The Kier molecular flexibility index (Phi) is 5.41. The zero-order chi connectivity index (χ0) is 25.2. The van der Waals surface area contributed by atoms with Crippen molar-refractivity contribution in [1.29, 1.82) is 0 Å². The van der Waals surface area contributed by atoms with Gasteiger partial charge in [0.25, 0.3) is 0 Å². The number of rotatable bonds is 3.